The molecule has 1 atom stereocenters. The second-order valence-corrected chi connectivity index (χ2v) is 11.4. The number of nitrogens with zero attached hydrogens (tertiary/aromatic N) is 7. The van der Waals surface area contributed by atoms with Gasteiger partial charge in [0.05, 0.1) is 15.9 Å². The summed E-state index contributed by atoms with van der Waals surface area (Å²) in [7, 11) is 0. The molecular weight excluding hydrogens is 536 g/mol. The summed E-state index contributed by atoms with van der Waals surface area (Å²) in [6.07, 6.45) is 4.11. The molecule has 2 aliphatic rings. The Morgan fingerprint density at radius 1 is 1.18 bits per heavy atom. The molecule has 39 heavy (non-hydrogen) atoms. The van der Waals surface area contributed by atoms with Crippen LogP contribution in [0.25, 0.3) is 22.1 Å². The highest BCUT2D eigenvalue weighted by Gasteiger charge is 2.26. The number of aromatic nitrogens is 6. The molecule has 1 aromatic carbocycles. The summed E-state index contributed by atoms with van der Waals surface area (Å²) in [6.45, 7) is 7.16. The lowest BCUT2D eigenvalue weighted by molar-refractivity contribution is 0.0938. The van der Waals surface area contributed by atoms with E-state index in [2.05, 4.69) is 42.2 Å². The van der Waals surface area contributed by atoms with Crippen molar-refractivity contribution in [1.82, 2.24) is 40.3 Å². The average Bonchev–Trinajstić information content (AvgIpc) is 3.68. The lowest BCUT2D eigenvalue weighted by Gasteiger charge is -2.18. The second-order valence-electron chi connectivity index (χ2n) is 10.0. The van der Waals surface area contributed by atoms with E-state index < -0.39 is 0 Å². The molecule has 0 aliphatic carbocycles. The van der Waals surface area contributed by atoms with Crippen LogP contribution in [0.5, 0.6) is 0 Å². The van der Waals surface area contributed by atoms with E-state index in [9.17, 15) is 4.79 Å². The topological polar surface area (TPSA) is 142 Å². The van der Waals surface area contributed by atoms with E-state index in [4.69, 9.17) is 27.3 Å². The highest BCUT2D eigenvalue weighted by molar-refractivity contribution is 7.99. The van der Waals surface area contributed by atoms with Gasteiger partial charge in [-0.15, -0.1) is 10.2 Å². The quantitative estimate of drug-likeness (QED) is 0.272. The zero-order valence-corrected chi connectivity index (χ0v) is 23.4. The predicted molar refractivity (Wildman–Crippen MR) is 153 cm³/mol. The Morgan fingerprint density at radius 3 is 2.79 bits per heavy atom. The number of rotatable bonds is 8. The van der Waals surface area contributed by atoms with Crippen molar-refractivity contribution in [3.05, 3.63) is 34.7 Å². The molecule has 0 spiro atoms. The Kier molecular flexibility index (Phi) is 7.52. The number of nitrogens with two attached hydrogens (primary N) is 1. The van der Waals surface area contributed by atoms with Gasteiger partial charge in [-0.2, -0.15) is 0 Å². The minimum absolute atomic E-state index is 0.0597. The fourth-order valence-corrected chi connectivity index (χ4v) is 6.30. The number of carbonyl (C=O) groups is 1. The van der Waals surface area contributed by atoms with Crippen LogP contribution < -0.4 is 16.0 Å². The van der Waals surface area contributed by atoms with Gasteiger partial charge in [0.15, 0.2) is 5.16 Å². The summed E-state index contributed by atoms with van der Waals surface area (Å²) in [4.78, 5) is 35.6. The number of hydrogen-bond donors (Lipinski definition) is 3. The van der Waals surface area contributed by atoms with E-state index in [1.165, 1.54) is 24.6 Å². The summed E-state index contributed by atoms with van der Waals surface area (Å²) in [5, 5.41) is 13.2. The molecular formula is C26H31ClN10OS. The van der Waals surface area contributed by atoms with E-state index in [1.807, 2.05) is 18.2 Å². The largest absolute Gasteiger partial charge is 0.354 e. The van der Waals surface area contributed by atoms with Crippen LogP contribution in [-0.2, 0) is 6.42 Å². The summed E-state index contributed by atoms with van der Waals surface area (Å²) >= 11 is 8.15. The van der Waals surface area contributed by atoms with Crippen LogP contribution in [0.2, 0.25) is 5.02 Å². The van der Waals surface area contributed by atoms with Crippen LogP contribution >= 0.6 is 23.4 Å². The number of benzene rings is 1. The second kappa shape index (κ2) is 11.2. The Balaban J connectivity index is 1.25. The van der Waals surface area contributed by atoms with Crippen LogP contribution in [0, 0.1) is 0 Å². The summed E-state index contributed by atoms with van der Waals surface area (Å²) in [5.74, 6) is 0.540. The Bertz CT molecular complexity index is 1520. The Labute approximate surface area is 235 Å². The van der Waals surface area contributed by atoms with Crippen LogP contribution in [0.4, 0.5) is 5.82 Å². The molecule has 4 N–H and O–H groups in total. The van der Waals surface area contributed by atoms with Gasteiger partial charge in [0.2, 0.25) is 5.82 Å². The Hall–Kier alpha value is -3.06. The molecule has 1 amide bonds. The fourth-order valence-electron chi connectivity index (χ4n) is 5.16. The van der Waals surface area contributed by atoms with E-state index in [0.717, 1.165) is 67.4 Å². The zero-order chi connectivity index (χ0) is 26.9. The number of aryl methyl sites for hydroxylation is 1. The first-order valence-corrected chi connectivity index (χ1v) is 14.6. The number of aromatic amines is 1. The molecule has 13 heteroatoms. The van der Waals surface area contributed by atoms with Crippen molar-refractivity contribution in [2.45, 2.75) is 48.7 Å². The van der Waals surface area contributed by atoms with Gasteiger partial charge in [0, 0.05) is 42.8 Å². The number of halogens is 1. The fraction of sp³-hybridized carbons (Fsp3) is 0.462. The van der Waals surface area contributed by atoms with Crippen LogP contribution in [0.3, 0.4) is 0 Å². The average molecular weight is 567 g/mol. The van der Waals surface area contributed by atoms with Gasteiger partial charge in [-0.1, -0.05) is 18.5 Å². The molecule has 3 aromatic heterocycles. The smallest absolute Gasteiger partial charge is 0.291 e. The number of anilines is 1. The van der Waals surface area contributed by atoms with Crippen molar-refractivity contribution in [3.8, 4) is 0 Å². The molecule has 11 nitrogen and oxygen atoms in total. The zero-order valence-electron chi connectivity index (χ0n) is 21.8. The monoisotopic (exact) mass is 566 g/mol. The molecule has 5 heterocycles. The number of carbonyl (C=O) groups excluding carboxylic acids is 1. The molecule has 2 aliphatic heterocycles. The van der Waals surface area contributed by atoms with Crippen LogP contribution in [0.1, 0.15) is 42.5 Å². The Morgan fingerprint density at radius 2 is 2.03 bits per heavy atom. The van der Waals surface area contributed by atoms with Gasteiger partial charge in [0.25, 0.3) is 5.91 Å². The molecule has 0 radical (unpaired) electrons. The first kappa shape index (κ1) is 26.2. The van der Waals surface area contributed by atoms with Gasteiger partial charge >= 0.3 is 0 Å². The number of amides is 1. The molecule has 2 saturated heterocycles. The molecule has 0 saturated carbocycles. The first-order chi connectivity index (χ1) is 19.0. The highest BCUT2D eigenvalue weighted by atomic mass is 35.5. The number of fused-ring (bicyclic) bond motifs is 2. The standard InChI is InChI=1S/C26H31ClN10OS/c1-2-17-21(27)20-22(30-17)32-26(33-24(20)37-11-7-15(28)14-37)39-16-5-6-18-19(13-16)31-23(35-34-18)25(38)29-8-12-36-9-3-4-10-36/h5-6,13,15H,2-4,7-12,14,28H2,1H3,(H,29,38)(H,30,32,33). The third kappa shape index (κ3) is 5.51. The highest BCUT2D eigenvalue weighted by Crippen LogP contribution is 2.37. The van der Waals surface area contributed by atoms with Gasteiger partial charge in [-0.25, -0.2) is 15.0 Å². The molecule has 6 rings (SSSR count). The summed E-state index contributed by atoms with van der Waals surface area (Å²) in [6, 6.07) is 5.76. The van der Waals surface area contributed by atoms with Crippen molar-refractivity contribution < 1.29 is 4.79 Å². The molecule has 204 valence electrons. The van der Waals surface area contributed by atoms with E-state index in [0.29, 0.717) is 33.4 Å². The van der Waals surface area contributed by atoms with Gasteiger partial charge in [-0.3, -0.25) is 4.79 Å². The first-order valence-electron chi connectivity index (χ1n) is 13.4. The molecule has 0 bridgehead atoms. The maximum absolute atomic E-state index is 12.7. The summed E-state index contributed by atoms with van der Waals surface area (Å²) in [5.41, 5.74) is 9.04. The van der Waals surface area contributed by atoms with Crippen molar-refractivity contribution in [1.29, 1.82) is 0 Å². The SMILES string of the molecule is CCc1[nH]c2nc(Sc3ccc4nnc(C(=O)NCCN5CCCC5)nc4c3)nc(N3CCC(N)C3)c2c1Cl. The third-order valence-corrected chi connectivity index (χ3v) is 8.52. The van der Waals surface area contributed by atoms with Crippen LogP contribution in [0.15, 0.2) is 28.3 Å². The van der Waals surface area contributed by atoms with Gasteiger partial charge in [-0.05, 0) is 68.7 Å². The number of hydrogen-bond acceptors (Lipinski definition) is 10. The minimum Gasteiger partial charge on any atom is -0.354 e. The normalized spacial score (nSPS) is 18.0. The molecule has 4 aromatic rings. The van der Waals surface area contributed by atoms with E-state index in [-0.39, 0.29) is 17.8 Å². The predicted octanol–water partition coefficient (Wildman–Crippen LogP) is 3.03. The molecule has 1 unspecified atom stereocenters. The summed E-state index contributed by atoms with van der Waals surface area (Å²) < 4.78 is 0. The van der Waals surface area contributed by atoms with Crippen molar-refractivity contribution in [3.63, 3.8) is 0 Å². The van der Waals surface area contributed by atoms with E-state index >= 15 is 0 Å². The van der Waals surface area contributed by atoms with Crippen molar-refractivity contribution >= 4 is 57.2 Å². The number of nitrogens with one attached hydrogen (secondary N) is 2. The van der Waals surface area contributed by atoms with Gasteiger partial charge < -0.3 is 25.8 Å². The molecule has 2 fully saturated rings. The third-order valence-electron chi connectivity index (χ3n) is 7.25. The van der Waals surface area contributed by atoms with E-state index in [1.54, 1.807) is 0 Å². The maximum Gasteiger partial charge on any atom is 0.291 e. The number of likely N-dealkylation sites (tertiary alicyclic amines) is 1. The van der Waals surface area contributed by atoms with Gasteiger partial charge in [0.1, 0.15) is 17.0 Å². The van der Waals surface area contributed by atoms with Crippen molar-refractivity contribution in [2.24, 2.45) is 5.73 Å². The van der Waals surface area contributed by atoms with Crippen LogP contribution in [-0.4, -0.2) is 86.3 Å². The van der Waals surface area contributed by atoms with Crippen molar-refractivity contribution in [2.75, 3.05) is 44.2 Å². The number of H-pyrrole nitrogens is 1. The lowest BCUT2D eigenvalue weighted by Crippen LogP contribution is -2.34. The lowest BCUT2D eigenvalue weighted by atomic mass is 10.3. The minimum atomic E-state index is -0.320. The maximum atomic E-state index is 12.7.